The van der Waals surface area contributed by atoms with Gasteiger partial charge in [-0.05, 0) is 18.9 Å². The number of hydrogen-bond donors (Lipinski definition) is 0. The molecule has 0 atom stereocenters. The molecule has 0 aliphatic carbocycles. The summed E-state index contributed by atoms with van der Waals surface area (Å²) in [5, 5.41) is 0. The number of halogens is 1. The summed E-state index contributed by atoms with van der Waals surface area (Å²) in [4.78, 5) is 0. The molecule has 0 heterocycles. The van der Waals surface area contributed by atoms with Gasteiger partial charge in [0.2, 0.25) is 0 Å². The fraction of sp³-hybridized carbons (Fsp3) is 0.895. The Balaban J connectivity index is 0. The van der Waals surface area contributed by atoms with E-state index < -0.39 is 0 Å². The van der Waals surface area contributed by atoms with Crippen LogP contribution < -0.4 is 17.0 Å². The van der Waals surface area contributed by atoms with Gasteiger partial charge in [0.05, 0.1) is 27.2 Å². The highest BCUT2D eigenvalue weighted by Gasteiger charge is 2.10. The van der Waals surface area contributed by atoms with Crippen molar-refractivity contribution in [1.82, 2.24) is 0 Å². The van der Waals surface area contributed by atoms with Crippen molar-refractivity contribution >= 4 is 0 Å². The number of likely N-dealkylation sites (N-methyl/N-ethyl adjacent to an activating group) is 1. The first-order valence-electron chi connectivity index (χ1n) is 9.05. The maximum absolute atomic E-state index is 3.84. The molecule has 0 aromatic rings. The highest BCUT2D eigenvalue weighted by molar-refractivity contribution is 4.64. The molecule has 1 nitrogen and oxygen atoms in total. The summed E-state index contributed by atoms with van der Waals surface area (Å²) < 4.78 is 1.10. The van der Waals surface area contributed by atoms with Crippen molar-refractivity contribution in [3.8, 4) is 0 Å². The summed E-state index contributed by atoms with van der Waals surface area (Å²) in [7, 11) is 4.61. The molecule has 0 amide bonds. The van der Waals surface area contributed by atoms with Gasteiger partial charge in [0.15, 0.2) is 0 Å². The van der Waals surface area contributed by atoms with Gasteiger partial charge in [-0.15, -0.1) is 0 Å². The zero-order valence-electron chi connectivity index (χ0n) is 15.0. The van der Waals surface area contributed by atoms with Gasteiger partial charge in [-0.2, -0.15) is 0 Å². The zero-order valence-corrected chi connectivity index (χ0v) is 16.6. The van der Waals surface area contributed by atoms with Crippen LogP contribution in [-0.2, 0) is 0 Å². The van der Waals surface area contributed by atoms with E-state index in [1.54, 1.807) is 0 Å². The predicted molar refractivity (Wildman–Crippen MR) is 93.1 cm³/mol. The molecular formula is C19H40BrN. The minimum Gasteiger partial charge on any atom is -1.00 e. The minimum absolute atomic E-state index is 0. The largest absolute Gasteiger partial charge is 1.00 e. The summed E-state index contributed by atoms with van der Waals surface area (Å²) in [6, 6.07) is 0. The highest BCUT2D eigenvalue weighted by atomic mass is 79.9. The standard InChI is InChI=1S/C19H40N.BrH/c1-5-7-8-9-10-11-12-13-14-15-16-17-19-20(3,4)18-6-2;/h6H,2,5,7-19H2,1,3-4H3;1H/q+1;/p-1. The quantitative estimate of drug-likeness (QED) is 0.239. The zero-order chi connectivity index (χ0) is 15.1. The summed E-state index contributed by atoms with van der Waals surface area (Å²) in [5.74, 6) is 0. The second-order valence-electron chi connectivity index (χ2n) is 7.02. The molecule has 2 heteroatoms. The molecule has 21 heavy (non-hydrogen) atoms. The molecule has 0 fully saturated rings. The van der Waals surface area contributed by atoms with Crippen LogP contribution >= 0.6 is 0 Å². The lowest BCUT2D eigenvalue weighted by Crippen LogP contribution is -3.00. The topological polar surface area (TPSA) is 0 Å². The van der Waals surface area contributed by atoms with E-state index in [2.05, 4.69) is 27.6 Å². The lowest BCUT2D eigenvalue weighted by Gasteiger charge is -2.28. The lowest BCUT2D eigenvalue weighted by molar-refractivity contribution is -0.884. The summed E-state index contributed by atoms with van der Waals surface area (Å²) in [5.41, 5.74) is 0. The molecule has 0 aromatic carbocycles. The van der Waals surface area contributed by atoms with E-state index in [4.69, 9.17) is 0 Å². The van der Waals surface area contributed by atoms with Crippen molar-refractivity contribution in [2.75, 3.05) is 27.2 Å². The van der Waals surface area contributed by atoms with E-state index in [1.807, 2.05) is 6.08 Å². The molecule has 0 saturated heterocycles. The van der Waals surface area contributed by atoms with Crippen LogP contribution in [0, 0.1) is 0 Å². The van der Waals surface area contributed by atoms with E-state index in [9.17, 15) is 0 Å². The molecule has 0 spiro atoms. The average molecular weight is 362 g/mol. The van der Waals surface area contributed by atoms with Crippen molar-refractivity contribution in [1.29, 1.82) is 0 Å². The first kappa shape index (κ1) is 23.4. The van der Waals surface area contributed by atoms with Gasteiger partial charge in [-0.3, -0.25) is 0 Å². The van der Waals surface area contributed by atoms with Gasteiger partial charge in [-0.1, -0.05) is 77.7 Å². The Morgan fingerprint density at radius 1 is 0.714 bits per heavy atom. The van der Waals surface area contributed by atoms with E-state index >= 15 is 0 Å². The molecule has 0 rings (SSSR count). The highest BCUT2D eigenvalue weighted by Crippen LogP contribution is 2.12. The molecule has 0 N–H and O–H groups in total. The maximum atomic E-state index is 3.84. The molecule has 0 saturated carbocycles. The minimum atomic E-state index is 0. The lowest BCUT2D eigenvalue weighted by atomic mass is 10.1. The van der Waals surface area contributed by atoms with Gasteiger partial charge in [0, 0.05) is 0 Å². The molecule has 0 aliphatic rings. The third-order valence-corrected chi connectivity index (χ3v) is 4.24. The Kier molecular flexibility index (Phi) is 18.5. The number of rotatable bonds is 15. The van der Waals surface area contributed by atoms with Crippen LogP contribution in [0.15, 0.2) is 12.7 Å². The third kappa shape index (κ3) is 18.1. The van der Waals surface area contributed by atoms with Crippen molar-refractivity contribution in [3.05, 3.63) is 12.7 Å². The van der Waals surface area contributed by atoms with E-state index in [1.165, 1.54) is 83.6 Å². The van der Waals surface area contributed by atoms with Gasteiger partial charge >= 0.3 is 0 Å². The molecule has 0 aliphatic heterocycles. The first-order chi connectivity index (χ1) is 9.62. The summed E-state index contributed by atoms with van der Waals surface area (Å²) in [6.45, 7) is 8.52. The van der Waals surface area contributed by atoms with Gasteiger partial charge < -0.3 is 21.5 Å². The first-order valence-corrected chi connectivity index (χ1v) is 9.05. The van der Waals surface area contributed by atoms with Crippen LogP contribution in [0.25, 0.3) is 0 Å². The van der Waals surface area contributed by atoms with Crippen LogP contribution in [0.2, 0.25) is 0 Å². The fourth-order valence-electron chi connectivity index (χ4n) is 2.82. The van der Waals surface area contributed by atoms with E-state index in [0.717, 1.165) is 11.0 Å². The van der Waals surface area contributed by atoms with Crippen molar-refractivity contribution in [2.45, 2.75) is 84.0 Å². The Morgan fingerprint density at radius 2 is 1.10 bits per heavy atom. The predicted octanol–water partition coefficient (Wildman–Crippen LogP) is 2.95. The Labute approximate surface area is 145 Å². The fourth-order valence-corrected chi connectivity index (χ4v) is 2.82. The van der Waals surface area contributed by atoms with Crippen LogP contribution in [0.4, 0.5) is 0 Å². The number of unbranched alkanes of at least 4 members (excludes halogenated alkanes) is 11. The van der Waals surface area contributed by atoms with Crippen LogP contribution in [-0.4, -0.2) is 31.7 Å². The third-order valence-electron chi connectivity index (χ3n) is 4.24. The van der Waals surface area contributed by atoms with Crippen LogP contribution in [0.3, 0.4) is 0 Å². The smallest absolute Gasteiger partial charge is 0.0966 e. The van der Waals surface area contributed by atoms with Crippen molar-refractivity contribution in [3.63, 3.8) is 0 Å². The molecule has 0 bridgehead atoms. The molecular weight excluding hydrogens is 322 g/mol. The monoisotopic (exact) mass is 361 g/mol. The average Bonchev–Trinajstić information content (AvgIpc) is 2.40. The maximum Gasteiger partial charge on any atom is 0.0966 e. The second kappa shape index (κ2) is 16.5. The molecule has 128 valence electrons. The van der Waals surface area contributed by atoms with E-state index in [-0.39, 0.29) is 17.0 Å². The molecule has 0 aromatic heterocycles. The van der Waals surface area contributed by atoms with Crippen LogP contribution in [0.5, 0.6) is 0 Å². The Hall–Kier alpha value is 0.180. The second-order valence-corrected chi connectivity index (χ2v) is 7.02. The molecule has 0 radical (unpaired) electrons. The summed E-state index contributed by atoms with van der Waals surface area (Å²) in [6.07, 6.45) is 19.3. The van der Waals surface area contributed by atoms with Crippen molar-refractivity contribution < 1.29 is 21.5 Å². The SMILES string of the molecule is C=CC[N+](C)(C)CCCCCCCCCCCCCC.[Br-]. The Morgan fingerprint density at radius 3 is 1.48 bits per heavy atom. The normalized spacial score (nSPS) is 11.2. The van der Waals surface area contributed by atoms with Gasteiger partial charge in [-0.25, -0.2) is 0 Å². The van der Waals surface area contributed by atoms with Gasteiger partial charge in [0.1, 0.15) is 0 Å². The number of nitrogens with zero attached hydrogens (tertiary/aromatic N) is 1. The van der Waals surface area contributed by atoms with Gasteiger partial charge in [0.25, 0.3) is 0 Å². The number of hydrogen-bond acceptors (Lipinski definition) is 0. The Bertz CT molecular complexity index is 214. The number of quaternary nitrogens is 1. The summed E-state index contributed by atoms with van der Waals surface area (Å²) >= 11 is 0. The molecule has 0 unspecified atom stereocenters. The van der Waals surface area contributed by atoms with Crippen molar-refractivity contribution in [2.24, 2.45) is 0 Å². The van der Waals surface area contributed by atoms with E-state index in [0.29, 0.717) is 0 Å². The van der Waals surface area contributed by atoms with Crippen LogP contribution in [0.1, 0.15) is 84.0 Å².